The first-order chi connectivity index (χ1) is 10.8. The Labute approximate surface area is 129 Å². The van der Waals surface area contributed by atoms with Crippen LogP contribution in [0.5, 0.6) is 5.75 Å². The van der Waals surface area contributed by atoms with Gasteiger partial charge in [-0.05, 0) is 24.1 Å². The van der Waals surface area contributed by atoms with Gasteiger partial charge in [-0.1, -0.05) is 12.1 Å². The Morgan fingerprint density at radius 3 is 2.61 bits per heavy atom. The second kappa shape index (κ2) is 7.21. The largest absolute Gasteiger partial charge is 0.573 e. The number of halogens is 3. The highest BCUT2D eigenvalue weighted by atomic mass is 19.4. The highest BCUT2D eigenvalue weighted by Crippen LogP contribution is 2.22. The van der Waals surface area contributed by atoms with E-state index in [1.807, 2.05) is 0 Å². The van der Waals surface area contributed by atoms with E-state index >= 15 is 0 Å². The molecule has 1 aliphatic heterocycles. The molecule has 0 unspecified atom stereocenters. The Morgan fingerprint density at radius 1 is 1.35 bits per heavy atom. The third-order valence-electron chi connectivity index (χ3n) is 3.07. The second-order valence-electron chi connectivity index (χ2n) is 4.90. The van der Waals surface area contributed by atoms with Crippen LogP contribution >= 0.6 is 0 Å². The maximum absolute atomic E-state index is 12.0. The molecule has 1 aromatic carbocycles. The number of benzene rings is 1. The van der Waals surface area contributed by atoms with Crippen molar-refractivity contribution in [3.05, 3.63) is 29.8 Å². The highest BCUT2D eigenvalue weighted by molar-refractivity contribution is 5.76. The zero-order chi connectivity index (χ0) is 16.9. The summed E-state index contributed by atoms with van der Waals surface area (Å²) in [7, 11) is 0. The van der Waals surface area contributed by atoms with E-state index in [1.165, 1.54) is 24.3 Å². The van der Waals surface area contributed by atoms with Gasteiger partial charge in [0.25, 0.3) is 0 Å². The Bertz CT molecular complexity index is 560. The summed E-state index contributed by atoms with van der Waals surface area (Å²) < 4.78 is 44.7. The fraction of sp³-hybridized carbons (Fsp3) is 0.429. The molecular formula is C14H15F3N2O4. The van der Waals surface area contributed by atoms with Gasteiger partial charge in [-0.25, -0.2) is 4.79 Å². The molecule has 1 aromatic rings. The average Bonchev–Trinajstić information content (AvgIpc) is 2.88. The van der Waals surface area contributed by atoms with Crippen LogP contribution in [0.15, 0.2) is 24.3 Å². The maximum atomic E-state index is 12.0. The van der Waals surface area contributed by atoms with Gasteiger partial charge in [-0.15, -0.1) is 13.2 Å². The van der Waals surface area contributed by atoms with Crippen LogP contribution in [-0.4, -0.2) is 37.6 Å². The minimum Gasteiger partial charge on any atom is -0.442 e. The van der Waals surface area contributed by atoms with E-state index in [9.17, 15) is 22.8 Å². The summed E-state index contributed by atoms with van der Waals surface area (Å²) in [5, 5.41) is 5.10. The van der Waals surface area contributed by atoms with Crippen molar-refractivity contribution in [3.63, 3.8) is 0 Å². The van der Waals surface area contributed by atoms with Crippen molar-refractivity contribution < 1.29 is 32.2 Å². The minimum atomic E-state index is -4.72. The number of aryl methyl sites for hydroxylation is 1. The molecule has 23 heavy (non-hydrogen) atoms. The predicted molar refractivity (Wildman–Crippen MR) is 72.7 cm³/mol. The smallest absolute Gasteiger partial charge is 0.442 e. The standard InChI is InChI=1S/C14H15F3N2O4/c15-14(16,17)23-10-4-1-9(2-5-10)3-6-12(20)18-7-11-8-19-13(21)22-11/h1-2,4-5,11H,3,6-8H2,(H,18,20)(H,19,21)/t11-/m0/s1. The lowest BCUT2D eigenvalue weighted by Crippen LogP contribution is -2.34. The van der Waals surface area contributed by atoms with Gasteiger partial charge in [0.1, 0.15) is 11.9 Å². The summed E-state index contributed by atoms with van der Waals surface area (Å²) in [6.07, 6.45) is -5.07. The quantitative estimate of drug-likeness (QED) is 0.832. The van der Waals surface area contributed by atoms with E-state index in [2.05, 4.69) is 15.4 Å². The van der Waals surface area contributed by atoms with Gasteiger partial charge in [0.2, 0.25) is 5.91 Å². The number of hydrogen-bond donors (Lipinski definition) is 2. The van der Waals surface area contributed by atoms with E-state index in [0.717, 1.165) is 0 Å². The summed E-state index contributed by atoms with van der Waals surface area (Å²) in [4.78, 5) is 22.5. The molecule has 1 heterocycles. The number of hydrogen-bond acceptors (Lipinski definition) is 4. The lowest BCUT2D eigenvalue weighted by Gasteiger charge is -2.10. The van der Waals surface area contributed by atoms with E-state index in [4.69, 9.17) is 4.74 Å². The fourth-order valence-corrected chi connectivity index (χ4v) is 1.98. The summed E-state index contributed by atoms with van der Waals surface area (Å²) in [6, 6.07) is 5.34. The summed E-state index contributed by atoms with van der Waals surface area (Å²) in [5.74, 6) is -0.537. The maximum Gasteiger partial charge on any atom is 0.573 e. The zero-order valence-electron chi connectivity index (χ0n) is 12.0. The molecule has 0 radical (unpaired) electrons. The van der Waals surface area contributed by atoms with Gasteiger partial charge in [0, 0.05) is 6.42 Å². The first kappa shape index (κ1) is 16.9. The topological polar surface area (TPSA) is 76.7 Å². The molecule has 0 bridgehead atoms. The molecule has 1 aliphatic rings. The van der Waals surface area contributed by atoms with Gasteiger partial charge in [0.15, 0.2) is 0 Å². The van der Waals surface area contributed by atoms with E-state index < -0.39 is 12.5 Å². The van der Waals surface area contributed by atoms with Crippen molar-refractivity contribution in [2.24, 2.45) is 0 Å². The predicted octanol–water partition coefficient (Wildman–Crippen LogP) is 1.74. The Kier molecular flexibility index (Phi) is 5.30. The molecule has 2 N–H and O–H groups in total. The number of cyclic esters (lactones) is 1. The first-order valence-electron chi connectivity index (χ1n) is 6.88. The molecule has 9 heteroatoms. The lowest BCUT2D eigenvalue weighted by molar-refractivity contribution is -0.274. The number of ether oxygens (including phenoxy) is 2. The zero-order valence-corrected chi connectivity index (χ0v) is 12.0. The Balaban J connectivity index is 1.70. The number of carbonyl (C=O) groups excluding carboxylic acids is 2. The van der Waals surface area contributed by atoms with Crippen LogP contribution in [-0.2, 0) is 16.0 Å². The van der Waals surface area contributed by atoms with Crippen LogP contribution in [0.4, 0.5) is 18.0 Å². The molecule has 2 amide bonds. The highest BCUT2D eigenvalue weighted by Gasteiger charge is 2.30. The van der Waals surface area contributed by atoms with Crippen LogP contribution < -0.4 is 15.4 Å². The van der Waals surface area contributed by atoms with Crippen LogP contribution in [0.25, 0.3) is 0 Å². The molecule has 0 saturated carbocycles. The molecule has 6 nitrogen and oxygen atoms in total. The molecule has 1 saturated heterocycles. The lowest BCUT2D eigenvalue weighted by atomic mass is 10.1. The normalized spacial score (nSPS) is 17.3. The number of alkyl halides is 3. The molecule has 1 atom stereocenters. The van der Waals surface area contributed by atoms with Crippen molar-refractivity contribution in [1.29, 1.82) is 0 Å². The van der Waals surface area contributed by atoms with Crippen molar-refractivity contribution in [2.75, 3.05) is 13.1 Å². The van der Waals surface area contributed by atoms with Crippen molar-refractivity contribution in [1.82, 2.24) is 10.6 Å². The van der Waals surface area contributed by atoms with Gasteiger partial charge >= 0.3 is 12.5 Å². The summed E-state index contributed by atoms with van der Waals surface area (Å²) in [5.41, 5.74) is 0.712. The van der Waals surface area contributed by atoms with Crippen LogP contribution in [0.3, 0.4) is 0 Å². The van der Waals surface area contributed by atoms with E-state index in [-0.39, 0.29) is 30.7 Å². The molecular weight excluding hydrogens is 317 g/mol. The van der Waals surface area contributed by atoms with E-state index in [1.54, 1.807) is 0 Å². The average molecular weight is 332 g/mol. The fourth-order valence-electron chi connectivity index (χ4n) is 1.98. The molecule has 2 rings (SSSR count). The number of rotatable bonds is 6. The summed E-state index contributed by atoms with van der Waals surface area (Å²) >= 11 is 0. The molecule has 0 spiro atoms. The number of carbonyl (C=O) groups is 2. The Hall–Kier alpha value is -2.45. The number of alkyl carbamates (subject to hydrolysis) is 1. The van der Waals surface area contributed by atoms with Crippen LogP contribution in [0, 0.1) is 0 Å². The Morgan fingerprint density at radius 2 is 2.04 bits per heavy atom. The summed E-state index contributed by atoms with van der Waals surface area (Å²) in [6.45, 7) is 0.565. The van der Waals surface area contributed by atoms with E-state index in [0.29, 0.717) is 18.5 Å². The van der Waals surface area contributed by atoms with Crippen molar-refractivity contribution >= 4 is 12.0 Å². The van der Waals surface area contributed by atoms with Crippen LogP contribution in [0.2, 0.25) is 0 Å². The first-order valence-corrected chi connectivity index (χ1v) is 6.88. The minimum absolute atomic E-state index is 0.174. The third-order valence-corrected chi connectivity index (χ3v) is 3.07. The molecule has 0 aliphatic carbocycles. The molecule has 1 fully saturated rings. The van der Waals surface area contributed by atoms with Gasteiger partial charge < -0.3 is 20.1 Å². The monoisotopic (exact) mass is 332 g/mol. The molecule has 0 aromatic heterocycles. The third kappa shape index (κ3) is 6.05. The van der Waals surface area contributed by atoms with Gasteiger partial charge in [0.05, 0.1) is 13.1 Å². The number of amides is 2. The van der Waals surface area contributed by atoms with Crippen molar-refractivity contribution in [2.45, 2.75) is 25.3 Å². The van der Waals surface area contributed by atoms with Crippen LogP contribution in [0.1, 0.15) is 12.0 Å². The van der Waals surface area contributed by atoms with Gasteiger partial charge in [-0.3, -0.25) is 4.79 Å². The number of nitrogens with one attached hydrogen (secondary N) is 2. The second-order valence-corrected chi connectivity index (χ2v) is 4.90. The molecule has 126 valence electrons. The SMILES string of the molecule is O=C(CCc1ccc(OC(F)(F)F)cc1)NC[C@H]1CNC(=O)O1. The van der Waals surface area contributed by atoms with Crippen molar-refractivity contribution in [3.8, 4) is 5.75 Å². The van der Waals surface area contributed by atoms with Gasteiger partial charge in [-0.2, -0.15) is 0 Å².